The minimum atomic E-state index is -2.71. The normalized spacial score (nSPS) is 15.7. The van der Waals surface area contributed by atoms with Crippen molar-refractivity contribution in [2.24, 2.45) is 0 Å². The van der Waals surface area contributed by atoms with Crippen LogP contribution >= 0.6 is 11.3 Å². The van der Waals surface area contributed by atoms with Gasteiger partial charge >= 0.3 is 0 Å². The van der Waals surface area contributed by atoms with Crippen LogP contribution in [-0.2, 0) is 11.3 Å². The predicted octanol–water partition coefficient (Wildman–Crippen LogP) is 5.92. The summed E-state index contributed by atoms with van der Waals surface area (Å²) >= 11 is 1.17. The van der Waals surface area contributed by atoms with Crippen molar-refractivity contribution in [3.63, 3.8) is 0 Å². The molecule has 0 spiro atoms. The molecule has 0 saturated carbocycles. The number of nitrogens with one attached hydrogen (secondary N) is 1. The van der Waals surface area contributed by atoms with E-state index in [0.717, 1.165) is 5.39 Å². The van der Waals surface area contributed by atoms with Gasteiger partial charge in [-0.3, -0.25) is 14.7 Å². The van der Waals surface area contributed by atoms with Gasteiger partial charge in [-0.15, -0.1) is 11.3 Å². The van der Waals surface area contributed by atoms with Crippen molar-refractivity contribution in [2.45, 2.75) is 38.0 Å². The Balaban J connectivity index is 1.28. The largest absolute Gasteiger partial charge is 0.373 e. The molecule has 10 heteroatoms. The lowest BCUT2D eigenvalue weighted by molar-refractivity contribution is -0.0122. The van der Waals surface area contributed by atoms with Crippen LogP contribution < -0.4 is 5.32 Å². The standard InChI is InChI=1S/C28H27F3N4O2S/c29-22-8-2-1-5-18(22)16-37-19-10-13-35(14-11-19)24(26-25(27(30)31)34-17-38-26)15-33-28(36)21-6-3-9-23-20(21)7-4-12-32-23/h1-9,12,17,19,24,27H,10-11,13-16H2,(H,33,36). The summed E-state index contributed by atoms with van der Waals surface area (Å²) < 4.78 is 47.4. The van der Waals surface area contributed by atoms with Crippen molar-refractivity contribution in [3.8, 4) is 0 Å². The summed E-state index contributed by atoms with van der Waals surface area (Å²) in [5.41, 5.74) is 2.86. The van der Waals surface area contributed by atoms with Gasteiger partial charge in [-0.25, -0.2) is 18.2 Å². The van der Waals surface area contributed by atoms with E-state index in [4.69, 9.17) is 4.74 Å². The first-order chi connectivity index (χ1) is 18.5. The molecule has 0 aliphatic carbocycles. The van der Waals surface area contributed by atoms with Crippen LogP contribution in [0.15, 0.2) is 66.3 Å². The zero-order chi connectivity index (χ0) is 26.5. The summed E-state index contributed by atoms with van der Waals surface area (Å²) in [5, 5.41) is 3.68. The number of fused-ring (bicyclic) bond motifs is 1. The number of carbonyl (C=O) groups is 1. The van der Waals surface area contributed by atoms with E-state index in [1.54, 1.807) is 42.6 Å². The average Bonchev–Trinajstić information content (AvgIpc) is 3.43. The number of rotatable bonds is 9. The summed E-state index contributed by atoms with van der Waals surface area (Å²) in [6, 6.07) is 15.0. The molecule has 1 aliphatic heterocycles. The van der Waals surface area contributed by atoms with Crippen LogP contribution in [0.2, 0.25) is 0 Å². The Bertz CT molecular complexity index is 1390. The number of piperidine rings is 1. The number of hydrogen-bond acceptors (Lipinski definition) is 6. The Kier molecular flexibility index (Phi) is 8.31. The molecule has 3 heterocycles. The van der Waals surface area contributed by atoms with Crippen molar-refractivity contribution in [1.82, 2.24) is 20.2 Å². The maximum Gasteiger partial charge on any atom is 0.281 e. The highest BCUT2D eigenvalue weighted by atomic mass is 32.1. The van der Waals surface area contributed by atoms with Crippen molar-refractivity contribution >= 4 is 28.1 Å². The Morgan fingerprint density at radius 2 is 1.89 bits per heavy atom. The van der Waals surface area contributed by atoms with Crippen LogP contribution in [0.25, 0.3) is 10.9 Å². The van der Waals surface area contributed by atoms with E-state index >= 15 is 0 Å². The number of alkyl halides is 2. The molecule has 1 aliphatic rings. The number of ether oxygens (including phenoxy) is 1. The summed E-state index contributed by atoms with van der Waals surface area (Å²) in [4.78, 5) is 23.9. The lowest BCUT2D eigenvalue weighted by Crippen LogP contribution is -2.43. The van der Waals surface area contributed by atoms with Crippen molar-refractivity contribution in [1.29, 1.82) is 0 Å². The third kappa shape index (κ3) is 5.87. The van der Waals surface area contributed by atoms with E-state index in [2.05, 4.69) is 20.2 Å². The minimum absolute atomic E-state index is 0.0692. The molecular weight excluding hydrogens is 513 g/mol. The van der Waals surface area contributed by atoms with Gasteiger partial charge in [0, 0.05) is 42.3 Å². The first-order valence-corrected chi connectivity index (χ1v) is 13.3. The maximum atomic E-state index is 13.9. The van der Waals surface area contributed by atoms with E-state index in [0.29, 0.717) is 47.5 Å². The van der Waals surface area contributed by atoms with E-state index in [1.165, 1.54) is 22.9 Å². The molecule has 6 nitrogen and oxygen atoms in total. The van der Waals surface area contributed by atoms with Gasteiger partial charge in [0.15, 0.2) is 0 Å². The Morgan fingerprint density at radius 3 is 2.68 bits per heavy atom. The highest BCUT2D eigenvalue weighted by molar-refractivity contribution is 7.09. The quantitative estimate of drug-likeness (QED) is 0.286. The van der Waals surface area contributed by atoms with Crippen LogP contribution in [0, 0.1) is 5.82 Å². The fourth-order valence-electron chi connectivity index (χ4n) is 4.83. The number of thiazole rings is 1. The Morgan fingerprint density at radius 1 is 1.08 bits per heavy atom. The number of halogens is 3. The zero-order valence-corrected chi connectivity index (χ0v) is 21.3. The van der Waals surface area contributed by atoms with Crippen LogP contribution in [0.1, 0.15) is 51.8 Å². The minimum Gasteiger partial charge on any atom is -0.373 e. The molecule has 0 bridgehead atoms. The summed E-state index contributed by atoms with van der Waals surface area (Å²) in [7, 11) is 0. The summed E-state index contributed by atoms with van der Waals surface area (Å²) in [6.45, 7) is 1.50. The zero-order valence-electron chi connectivity index (χ0n) is 20.5. The summed E-state index contributed by atoms with van der Waals surface area (Å²) in [5.74, 6) is -0.590. The molecule has 1 saturated heterocycles. The van der Waals surface area contributed by atoms with Gasteiger partial charge in [0.05, 0.1) is 34.7 Å². The topological polar surface area (TPSA) is 67.4 Å². The van der Waals surface area contributed by atoms with Gasteiger partial charge in [0.25, 0.3) is 12.3 Å². The van der Waals surface area contributed by atoms with Crippen LogP contribution in [-0.4, -0.2) is 46.5 Å². The molecule has 2 aromatic heterocycles. The monoisotopic (exact) mass is 540 g/mol. The lowest BCUT2D eigenvalue weighted by atomic mass is 10.0. The number of amides is 1. The third-order valence-electron chi connectivity index (χ3n) is 6.83. The summed E-state index contributed by atoms with van der Waals surface area (Å²) in [6.07, 6.45) is 0.216. The van der Waals surface area contributed by atoms with Crippen molar-refractivity contribution < 1.29 is 22.7 Å². The average molecular weight is 541 g/mol. The van der Waals surface area contributed by atoms with Crippen LogP contribution in [0.4, 0.5) is 13.2 Å². The van der Waals surface area contributed by atoms with Gasteiger partial charge in [0.1, 0.15) is 11.5 Å². The van der Waals surface area contributed by atoms with E-state index < -0.39 is 12.5 Å². The molecule has 1 N–H and O–H groups in total. The molecule has 198 valence electrons. The van der Waals surface area contributed by atoms with E-state index in [1.807, 2.05) is 12.1 Å². The molecule has 2 aromatic carbocycles. The second-order valence-corrected chi connectivity index (χ2v) is 10.0. The van der Waals surface area contributed by atoms with Crippen molar-refractivity contribution in [3.05, 3.63) is 93.8 Å². The Hall–Kier alpha value is -3.34. The molecule has 0 radical (unpaired) electrons. The van der Waals surface area contributed by atoms with Gasteiger partial charge < -0.3 is 10.1 Å². The second kappa shape index (κ2) is 12.0. The molecule has 1 amide bonds. The first kappa shape index (κ1) is 26.3. The van der Waals surface area contributed by atoms with Gasteiger partial charge in [-0.05, 0) is 37.1 Å². The van der Waals surface area contributed by atoms with Crippen molar-refractivity contribution in [2.75, 3.05) is 19.6 Å². The first-order valence-electron chi connectivity index (χ1n) is 12.4. The van der Waals surface area contributed by atoms with Crippen LogP contribution in [0.3, 0.4) is 0 Å². The molecule has 5 rings (SSSR count). The fourth-order valence-corrected chi connectivity index (χ4v) is 5.76. The molecule has 4 aromatic rings. The fraction of sp³-hybridized carbons (Fsp3) is 0.321. The number of nitrogens with zero attached hydrogens (tertiary/aromatic N) is 3. The molecule has 1 fully saturated rings. The SMILES string of the molecule is O=C(NCC(c1scnc1C(F)F)N1CCC(OCc2ccccc2F)CC1)c1cccc2ncccc12. The number of likely N-dealkylation sites (tertiary alicyclic amines) is 1. The number of aromatic nitrogens is 2. The number of carbonyl (C=O) groups excluding carboxylic acids is 1. The van der Waals surface area contributed by atoms with E-state index in [9.17, 15) is 18.0 Å². The maximum absolute atomic E-state index is 13.9. The van der Waals surface area contributed by atoms with Crippen LogP contribution in [0.5, 0.6) is 0 Å². The van der Waals surface area contributed by atoms with Gasteiger partial charge in [0.2, 0.25) is 0 Å². The predicted molar refractivity (Wildman–Crippen MR) is 140 cm³/mol. The molecule has 1 unspecified atom stereocenters. The number of benzene rings is 2. The highest BCUT2D eigenvalue weighted by Crippen LogP contribution is 2.34. The van der Waals surface area contributed by atoms with Gasteiger partial charge in [-0.2, -0.15) is 0 Å². The number of pyridine rings is 1. The third-order valence-corrected chi connectivity index (χ3v) is 7.78. The van der Waals surface area contributed by atoms with E-state index in [-0.39, 0.29) is 36.7 Å². The highest BCUT2D eigenvalue weighted by Gasteiger charge is 2.32. The van der Waals surface area contributed by atoms with Gasteiger partial charge in [-0.1, -0.05) is 30.3 Å². The molecule has 38 heavy (non-hydrogen) atoms. The second-order valence-electron chi connectivity index (χ2n) is 9.14. The lowest BCUT2D eigenvalue weighted by Gasteiger charge is -2.37. The smallest absolute Gasteiger partial charge is 0.281 e. The Labute approximate surface area is 222 Å². The molecular formula is C28H27F3N4O2S. The molecule has 1 atom stereocenters. The number of hydrogen-bond donors (Lipinski definition) is 1.